The zero-order chi connectivity index (χ0) is 9.90. The number of rotatable bonds is 3. The molecule has 0 heterocycles. The first-order valence-electron chi connectivity index (χ1n) is 4.39. The number of aliphatic hydroxyl groups is 1. The average molecular weight is 182 g/mol. The van der Waals surface area contributed by atoms with Gasteiger partial charge in [0.15, 0.2) is 0 Å². The van der Waals surface area contributed by atoms with Crippen LogP contribution in [0.5, 0.6) is 0 Å². The van der Waals surface area contributed by atoms with Crippen LogP contribution >= 0.6 is 0 Å². The van der Waals surface area contributed by atoms with E-state index in [0.29, 0.717) is 12.0 Å². The standard InChI is InChI=1S/C11H15FO/c1-11(2,8-13)7-9-5-3-4-6-10(9)12/h3-6,13H,7-8H2,1-2H3. The van der Waals surface area contributed by atoms with Crippen LogP contribution in [0.4, 0.5) is 4.39 Å². The summed E-state index contributed by atoms with van der Waals surface area (Å²) in [6, 6.07) is 6.69. The molecule has 2 heteroatoms. The normalized spacial score (nSPS) is 11.7. The van der Waals surface area contributed by atoms with E-state index in [1.807, 2.05) is 19.9 Å². The van der Waals surface area contributed by atoms with Crippen LogP contribution in [0, 0.1) is 11.2 Å². The fourth-order valence-electron chi connectivity index (χ4n) is 1.21. The summed E-state index contributed by atoms with van der Waals surface area (Å²) in [5, 5.41) is 9.02. The van der Waals surface area contributed by atoms with Gasteiger partial charge < -0.3 is 5.11 Å². The van der Waals surface area contributed by atoms with Crippen molar-refractivity contribution in [2.24, 2.45) is 5.41 Å². The van der Waals surface area contributed by atoms with Crippen molar-refractivity contribution in [3.63, 3.8) is 0 Å². The van der Waals surface area contributed by atoms with Gasteiger partial charge in [-0.05, 0) is 23.5 Å². The molecular formula is C11H15FO. The van der Waals surface area contributed by atoms with Gasteiger partial charge >= 0.3 is 0 Å². The Morgan fingerprint density at radius 3 is 2.46 bits per heavy atom. The van der Waals surface area contributed by atoms with Gasteiger partial charge in [-0.1, -0.05) is 32.0 Å². The summed E-state index contributed by atoms with van der Waals surface area (Å²) < 4.78 is 13.2. The maximum absolute atomic E-state index is 13.2. The van der Waals surface area contributed by atoms with Gasteiger partial charge in [-0.2, -0.15) is 0 Å². The molecule has 72 valence electrons. The Morgan fingerprint density at radius 2 is 1.92 bits per heavy atom. The fraction of sp³-hybridized carbons (Fsp3) is 0.455. The molecule has 1 N–H and O–H groups in total. The van der Waals surface area contributed by atoms with Crippen LogP contribution in [0.25, 0.3) is 0 Å². The van der Waals surface area contributed by atoms with Gasteiger partial charge in [0.25, 0.3) is 0 Å². The highest BCUT2D eigenvalue weighted by Crippen LogP contribution is 2.22. The molecule has 0 radical (unpaired) electrons. The molecule has 0 spiro atoms. The van der Waals surface area contributed by atoms with E-state index in [-0.39, 0.29) is 17.8 Å². The summed E-state index contributed by atoms with van der Waals surface area (Å²) in [6.45, 7) is 3.90. The summed E-state index contributed by atoms with van der Waals surface area (Å²) in [4.78, 5) is 0. The van der Waals surface area contributed by atoms with Crippen molar-refractivity contribution in [2.45, 2.75) is 20.3 Å². The van der Waals surface area contributed by atoms with E-state index in [1.165, 1.54) is 6.07 Å². The average Bonchev–Trinajstić information content (AvgIpc) is 2.09. The highest BCUT2D eigenvalue weighted by molar-refractivity contribution is 5.18. The predicted octanol–water partition coefficient (Wildman–Crippen LogP) is 2.39. The second kappa shape index (κ2) is 3.88. The first-order valence-corrected chi connectivity index (χ1v) is 4.39. The Labute approximate surface area is 78.2 Å². The highest BCUT2D eigenvalue weighted by Gasteiger charge is 2.18. The van der Waals surface area contributed by atoms with Crippen molar-refractivity contribution in [3.8, 4) is 0 Å². The molecule has 0 aliphatic carbocycles. The summed E-state index contributed by atoms with van der Waals surface area (Å²) >= 11 is 0. The van der Waals surface area contributed by atoms with Crippen molar-refractivity contribution in [1.29, 1.82) is 0 Å². The van der Waals surface area contributed by atoms with Gasteiger partial charge in [-0.3, -0.25) is 0 Å². The summed E-state index contributed by atoms with van der Waals surface area (Å²) in [6.07, 6.45) is 0.566. The molecule has 0 saturated heterocycles. The van der Waals surface area contributed by atoms with Crippen LogP contribution in [0.15, 0.2) is 24.3 Å². The number of benzene rings is 1. The quantitative estimate of drug-likeness (QED) is 0.761. The molecule has 0 unspecified atom stereocenters. The largest absolute Gasteiger partial charge is 0.396 e. The third-order valence-electron chi connectivity index (χ3n) is 2.05. The van der Waals surface area contributed by atoms with Crippen molar-refractivity contribution >= 4 is 0 Å². The molecule has 0 bridgehead atoms. The van der Waals surface area contributed by atoms with Crippen LogP contribution < -0.4 is 0 Å². The van der Waals surface area contributed by atoms with Crippen molar-refractivity contribution in [3.05, 3.63) is 35.6 Å². The second-order valence-electron chi connectivity index (χ2n) is 4.09. The molecule has 0 fully saturated rings. The summed E-state index contributed by atoms with van der Waals surface area (Å²) in [5.74, 6) is -0.191. The van der Waals surface area contributed by atoms with E-state index in [4.69, 9.17) is 5.11 Å². The van der Waals surface area contributed by atoms with Crippen molar-refractivity contribution < 1.29 is 9.50 Å². The van der Waals surface area contributed by atoms with E-state index in [2.05, 4.69) is 0 Å². The Bertz CT molecular complexity index is 281. The zero-order valence-corrected chi connectivity index (χ0v) is 8.05. The lowest BCUT2D eigenvalue weighted by Gasteiger charge is -2.21. The van der Waals surface area contributed by atoms with Gasteiger partial charge in [0.05, 0.1) is 0 Å². The van der Waals surface area contributed by atoms with Crippen LogP contribution in [0.2, 0.25) is 0 Å². The summed E-state index contributed by atoms with van der Waals surface area (Å²) in [7, 11) is 0. The Kier molecular flexibility index (Phi) is 3.04. The zero-order valence-electron chi connectivity index (χ0n) is 8.05. The second-order valence-corrected chi connectivity index (χ2v) is 4.09. The maximum atomic E-state index is 13.2. The van der Waals surface area contributed by atoms with E-state index in [1.54, 1.807) is 12.1 Å². The molecule has 0 atom stereocenters. The van der Waals surface area contributed by atoms with E-state index in [0.717, 1.165) is 0 Å². The first-order chi connectivity index (χ1) is 6.05. The Morgan fingerprint density at radius 1 is 1.31 bits per heavy atom. The third kappa shape index (κ3) is 2.81. The molecule has 0 saturated carbocycles. The Hall–Kier alpha value is -0.890. The van der Waals surface area contributed by atoms with Crippen LogP contribution in [-0.4, -0.2) is 11.7 Å². The van der Waals surface area contributed by atoms with E-state index >= 15 is 0 Å². The minimum absolute atomic E-state index is 0.0708. The number of aliphatic hydroxyl groups excluding tert-OH is 1. The lowest BCUT2D eigenvalue weighted by atomic mass is 9.86. The maximum Gasteiger partial charge on any atom is 0.126 e. The number of hydrogen-bond acceptors (Lipinski definition) is 1. The lowest BCUT2D eigenvalue weighted by molar-refractivity contribution is 0.158. The molecule has 1 rings (SSSR count). The highest BCUT2D eigenvalue weighted by atomic mass is 19.1. The topological polar surface area (TPSA) is 20.2 Å². The summed E-state index contributed by atoms with van der Waals surface area (Å²) in [5.41, 5.74) is 0.420. The number of halogens is 1. The van der Waals surface area contributed by atoms with E-state index < -0.39 is 0 Å². The third-order valence-corrected chi connectivity index (χ3v) is 2.05. The molecule has 1 aromatic rings. The van der Waals surface area contributed by atoms with Crippen LogP contribution in [0.1, 0.15) is 19.4 Å². The van der Waals surface area contributed by atoms with Gasteiger partial charge in [-0.15, -0.1) is 0 Å². The molecule has 13 heavy (non-hydrogen) atoms. The van der Waals surface area contributed by atoms with Crippen molar-refractivity contribution in [1.82, 2.24) is 0 Å². The van der Waals surface area contributed by atoms with Gasteiger partial charge in [0.2, 0.25) is 0 Å². The van der Waals surface area contributed by atoms with Gasteiger partial charge in [0, 0.05) is 6.61 Å². The minimum atomic E-state index is -0.248. The first kappa shape index (κ1) is 10.2. The lowest BCUT2D eigenvalue weighted by Crippen LogP contribution is -2.20. The molecule has 0 aliphatic rings. The molecule has 1 nitrogen and oxygen atoms in total. The van der Waals surface area contributed by atoms with Crippen LogP contribution in [-0.2, 0) is 6.42 Å². The van der Waals surface area contributed by atoms with Gasteiger partial charge in [0.1, 0.15) is 5.82 Å². The minimum Gasteiger partial charge on any atom is -0.396 e. The monoisotopic (exact) mass is 182 g/mol. The molecular weight excluding hydrogens is 167 g/mol. The fourth-order valence-corrected chi connectivity index (χ4v) is 1.21. The smallest absolute Gasteiger partial charge is 0.126 e. The molecule has 0 aliphatic heterocycles. The van der Waals surface area contributed by atoms with Crippen LogP contribution in [0.3, 0.4) is 0 Å². The molecule has 0 amide bonds. The number of hydrogen-bond donors (Lipinski definition) is 1. The van der Waals surface area contributed by atoms with Gasteiger partial charge in [-0.25, -0.2) is 4.39 Å². The Balaban J connectivity index is 2.80. The molecule has 1 aromatic carbocycles. The molecule has 0 aromatic heterocycles. The van der Waals surface area contributed by atoms with E-state index in [9.17, 15) is 4.39 Å². The van der Waals surface area contributed by atoms with Crippen molar-refractivity contribution in [2.75, 3.05) is 6.61 Å². The SMILES string of the molecule is CC(C)(CO)Cc1ccccc1F. The predicted molar refractivity (Wildman–Crippen MR) is 51.0 cm³/mol.